The third kappa shape index (κ3) is 9.42. The maximum Gasteiger partial charge on any atom is 0.150 e. The highest BCUT2D eigenvalue weighted by molar-refractivity contribution is 5.79. The maximum absolute atomic E-state index is 10.6. The van der Waals surface area contributed by atoms with Gasteiger partial charge in [0, 0.05) is 5.56 Å². The predicted octanol–water partition coefficient (Wildman–Crippen LogP) is 7.11. The molecule has 1 N–H and O–H groups in total. The molecule has 27 heavy (non-hydrogen) atoms. The van der Waals surface area contributed by atoms with Crippen molar-refractivity contribution in [2.45, 2.75) is 79.1 Å². The molecule has 0 aromatic heterocycles. The van der Waals surface area contributed by atoms with E-state index in [2.05, 4.69) is 6.92 Å². The van der Waals surface area contributed by atoms with E-state index in [-0.39, 0.29) is 0 Å². The number of aryl methyl sites for hydroxylation is 4. The van der Waals surface area contributed by atoms with Crippen molar-refractivity contribution in [2.75, 3.05) is 0 Å². The van der Waals surface area contributed by atoms with Crippen LogP contribution < -0.4 is 0 Å². The lowest BCUT2D eigenvalue weighted by molar-refractivity contribution is 0.112. The van der Waals surface area contributed by atoms with Crippen molar-refractivity contribution < 1.29 is 9.90 Å². The van der Waals surface area contributed by atoms with Crippen LogP contribution in [0.25, 0.3) is 0 Å². The highest BCUT2D eigenvalue weighted by Crippen LogP contribution is 2.14. The first-order valence-corrected chi connectivity index (χ1v) is 10.3. The summed E-state index contributed by atoms with van der Waals surface area (Å²) < 4.78 is 0. The summed E-state index contributed by atoms with van der Waals surface area (Å²) in [7, 11) is 0. The molecule has 148 valence electrons. The number of aldehydes is 1. The number of rotatable bonds is 9. The Labute approximate surface area is 165 Å². The second-order valence-electron chi connectivity index (χ2n) is 7.47. The van der Waals surface area contributed by atoms with Gasteiger partial charge >= 0.3 is 0 Å². The normalized spacial score (nSPS) is 10.2. The van der Waals surface area contributed by atoms with Gasteiger partial charge in [-0.15, -0.1) is 0 Å². The highest BCUT2D eigenvalue weighted by atomic mass is 16.3. The molecule has 0 amide bonds. The van der Waals surface area contributed by atoms with Gasteiger partial charge in [-0.25, -0.2) is 0 Å². The van der Waals surface area contributed by atoms with Crippen LogP contribution in [-0.4, -0.2) is 11.4 Å². The summed E-state index contributed by atoms with van der Waals surface area (Å²) in [6.07, 6.45) is 11.6. The van der Waals surface area contributed by atoms with Crippen LogP contribution in [0.5, 0.6) is 5.75 Å². The Morgan fingerprint density at radius 1 is 0.815 bits per heavy atom. The number of aromatic hydroxyl groups is 1. The van der Waals surface area contributed by atoms with Gasteiger partial charge in [-0.2, -0.15) is 0 Å². The summed E-state index contributed by atoms with van der Waals surface area (Å²) in [6.45, 7) is 8.22. The van der Waals surface area contributed by atoms with Crippen LogP contribution in [0.1, 0.15) is 84.5 Å². The quantitative estimate of drug-likeness (QED) is 0.378. The van der Waals surface area contributed by atoms with E-state index in [1.165, 1.54) is 56.1 Å². The first-order valence-electron chi connectivity index (χ1n) is 10.3. The molecule has 2 aromatic rings. The largest absolute Gasteiger partial charge is 0.508 e. The van der Waals surface area contributed by atoms with Crippen molar-refractivity contribution >= 4 is 6.29 Å². The third-order valence-corrected chi connectivity index (χ3v) is 4.86. The number of hydrogen-bond acceptors (Lipinski definition) is 2. The van der Waals surface area contributed by atoms with Crippen molar-refractivity contribution in [1.82, 2.24) is 0 Å². The van der Waals surface area contributed by atoms with Gasteiger partial charge in [0.15, 0.2) is 6.29 Å². The zero-order valence-electron chi connectivity index (χ0n) is 17.6. The standard InChI is InChI=1S/C15H24O.C10H12O/c1-2-3-4-5-6-7-8-9-14-10-12-15(16)13-11-14;1-7-4-8(2)10(6-11)9(3)5-7/h10-13,16H,2-9H2,1H3;4-6H,1-3H3. The van der Waals surface area contributed by atoms with Gasteiger partial charge < -0.3 is 5.11 Å². The Morgan fingerprint density at radius 3 is 1.85 bits per heavy atom. The molecule has 0 bridgehead atoms. The van der Waals surface area contributed by atoms with E-state index in [1.807, 2.05) is 45.0 Å². The summed E-state index contributed by atoms with van der Waals surface area (Å²) >= 11 is 0. The van der Waals surface area contributed by atoms with Gasteiger partial charge in [0.05, 0.1) is 0 Å². The molecule has 0 atom stereocenters. The molecule has 0 spiro atoms. The number of phenolic OH excluding ortho intramolecular Hbond substituents is 1. The van der Waals surface area contributed by atoms with E-state index < -0.39 is 0 Å². The lowest BCUT2D eigenvalue weighted by Crippen LogP contribution is -1.91. The molecule has 0 saturated heterocycles. The minimum atomic E-state index is 0.364. The number of phenols is 1. The molecular weight excluding hydrogens is 332 g/mol. The summed E-state index contributed by atoms with van der Waals surface area (Å²) in [5.74, 6) is 0.364. The van der Waals surface area contributed by atoms with Crippen LogP contribution in [0.3, 0.4) is 0 Å². The Kier molecular flexibility index (Phi) is 11.2. The van der Waals surface area contributed by atoms with E-state index in [0.717, 1.165) is 29.4 Å². The number of unbranched alkanes of at least 4 members (excludes halogenated alkanes) is 6. The van der Waals surface area contributed by atoms with Crippen molar-refractivity contribution in [1.29, 1.82) is 0 Å². The van der Waals surface area contributed by atoms with Crippen LogP contribution >= 0.6 is 0 Å². The molecule has 2 nitrogen and oxygen atoms in total. The SMILES string of the molecule is CCCCCCCCCc1ccc(O)cc1.Cc1cc(C)c(C=O)c(C)c1. The van der Waals surface area contributed by atoms with Crippen LogP contribution in [0, 0.1) is 20.8 Å². The fourth-order valence-electron chi connectivity index (χ4n) is 3.33. The van der Waals surface area contributed by atoms with E-state index in [4.69, 9.17) is 5.11 Å². The summed E-state index contributed by atoms with van der Waals surface area (Å²) in [4.78, 5) is 10.6. The average molecular weight is 369 g/mol. The minimum absolute atomic E-state index is 0.364. The summed E-state index contributed by atoms with van der Waals surface area (Å²) in [6, 6.07) is 11.6. The topological polar surface area (TPSA) is 37.3 Å². The summed E-state index contributed by atoms with van der Waals surface area (Å²) in [5, 5.41) is 9.15. The molecule has 0 aliphatic rings. The van der Waals surface area contributed by atoms with Crippen LogP contribution in [0.2, 0.25) is 0 Å². The maximum atomic E-state index is 10.6. The molecule has 0 saturated carbocycles. The van der Waals surface area contributed by atoms with Crippen molar-refractivity contribution in [3.8, 4) is 5.75 Å². The molecule has 0 aliphatic heterocycles. The van der Waals surface area contributed by atoms with Crippen LogP contribution in [-0.2, 0) is 6.42 Å². The fraction of sp³-hybridized carbons (Fsp3) is 0.480. The molecule has 2 aromatic carbocycles. The lowest BCUT2D eigenvalue weighted by Gasteiger charge is -2.03. The fourth-order valence-corrected chi connectivity index (χ4v) is 3.33. The zero-order valence-corrected chi connectivity index (χ0v) is 17.6. The van der Waals surface area contributed by atoms with E-state index in [1.54, 1.807) is 12.1 Å². The predicted molar refractivity (Wildman–Crippen MR) is 116 cm³/mol. The van der Waals surface area contributed by atoms with Crippen LogP contribution in [0.15, 0.2) is 36.4 Å². The lowest BCUT2D eigenvalue weighted by atomic mass is 10.0. The Hall–Kier alpha value is -2.09. The smallest absolute Gasteiger partial charge is 0.150 e. The Bertz CT molecular complexity index is 648. The van der Waals surface area contributed by atoms with Gasteiger partial charge in [0.2, 0.25) is 0 Å². The summed E-state index contributed by atoms with van der Waals surface area (Å²) in [5.41, 5.74) is 5.52. The first-order chi connectivity index (χ1) is 13.0. The molecule has 0 unspecified atom stereocenters. The third-order valence-electron chi connectivity index (χ3n) is 4.86. The molecule has 2 rings (SSSR count). The van der Waals surface area contributed by atoms with Gasteiger partial charge in [0.25, 0.3) is 0 Å². The zero-order chi connectivity index (χ0) is 20.1. The number of benzene rings is 2. The number of hydrogen-bond donors (Lipinski definition) is 1. The first kappa shape index (κ1) is 23.0. The molecule has 0 aliphatic carbocycles. The van der Waals surface area contributed by atoms with Gasteiger partial charge in [0.1, 0.15) is 5.75 Å². The number of carbonyl (C=O) groups excluding carboxylic acids is 1. The van der Waals surface area contributed by atoms with Crippen molar-refractivity contribution in [3.05, 3.63) is 64.2 Å². The van der Waals surface area contributed by atoms with Gasteiger partial charge in [-0.05, 0) is 62.4 Å². The number of carbonyl (C=O) groups is 1. The minimum Gasteiger partial charge on any atom is -0.508 e. The van der Waals surface area contributed by atoms with Gasteiger partial charge in [-0.1, -0.05) is 75.3 Å². The monoisotopic (exact) mass is 368 g/mol. The Balaban J connectivity index is 0.000000289. The second-order valence-corrected chi connectivity index (χ2v) is 7.47. The molecule has 0 heterocycles. The van der Waals surface area contributed by atoms with E-state index >= 15 is 0 Å². The molecule has 0 fully saturated rings. The molecule has 0 radical (unpaired) electrons. The van der Waals surface area contributed by atoms with Crippen LogP contribution in [0.4, 0.5) is 0 Å². The average Bonchev–Trinajstić information content (AvgIpc) is 2.63. The Morgan fingerprint density at radius 2 is 1.33 bits per heavy atom. The second kappa shape index (κ2) is 13.1. The highest BCUT2D eigenvalue weighted by Gasteiger charge is 2.00. The van der Waals surface area contributed by atoms with E-state index in [0.29, 0.717) is 5.75 Å². The molecular formula is C25H36O2. The molecule has 2 heteroatoms. The van der Waals surface area contributed by atoms with Crippen molar-refractivity contribution in [3.63, 3.8) is 0 Å². The van der Waals surface area contributed by atoms with Gasteiger partial charge in [-0.3, -0.25) is 4.79 Å². The van der Waals surface area contributed by atoms with Crippen molar-refractivity contribution in [2.24, 2.45) is 0 Å². The van der Waals surface area contributed by atoms with E-state index in [9.17, 15) is 4.79 Å².